The molecular formula is C10H20N2O. The first-order valence-electron chi connectivity index (χ1n) is 5.23. The molecule has 1 saturated carbocycles. The molecule has 0 spiro atoms. The Morgan fingerprint density at radius 3 is 2.62 bits per heavy atom. The second-order valence-corrected chi connectivity index (χ2v) is 3.95. The number of carbonyl (C=O) groups is 1. The average Bonchev–Trinajstić information content (AvgIpc) is 2.93. The molecular weight excluding hydrogens is 164 g/mol. The summed E-state index contributed by atoms with van der Waals surface area (Å²) in [6, 6.07) is 0. The third kappa shape index (κ3) is 2.69. The highest BCUT2D eigenvalue weighted by molar-refractivity contribution is 5.85. The molecule has 0 aromatic rings. The molecule has 1 rings (SSSR count). The normalized spacial score (nSPS) is 18.3. The van der Waals surface area contributed by atoms with Crippen LogP contribution < -0.4 is 11.1 Å². The van der Waals surface area contributed by atoms with Crippen molar-refractivity contribution in [3.63, 3.8) is 0 Å². The second-order valence-electron chi connectivity index (χ2n) is 3.95. The van der Waals surface area contributed by atoms with Gasteiger partial charge in [-0.1, -0.05) is 19.8 Å². The lowest BCUT2D eigenvalue weighted by Crippen LogP contribution is -2.36. The number of hydrogen-bond acceptors (Lipinski definition) is 2. The Labute approximate surface area is 80.1 Å². The number of carbonyl (C=O) groups excluding carboxylic acids is 1. The fourth-order valence-corrected chi connectivity index (χ4v) is 1.44. The third-order valence-electron chi connectivity index (χ3n) is 2.79. The molecule has 0 radical (unpaired) electrons. The van der Waals surface area contributed by atoms with Gasteiger partial charge in [0.15, 0.2) is 0 Å². The van der Waals surface area contributed by atoms with Crippen LogP contribution in [0.15, 0.2) is 0 Å². The van der Waals surface area contributed by atoms with Gasteiger partial charge in [-0.2, -0.15) is 0 Å². The van der Waals surface area contributed by atoms with Gasteiger partial charge in [0.2, 0.25) is 5.91 Å². The lowest BCUT2D eigenvalue weighted by atomic mass is 10.1. The minimum atomic E-state index is -0.174. The summed E-state index contributed by atoms with van der Waals surface area (Å²) in [7, 11) is 0. The minimum absolute atomic E-state index is 0.172. The van der Waals surface area contributed by atoms with Crippen LogP contribution in [0.25, 0.3) is 0 Å². The first-order chi connectivity index (χ1) is 6.25. The predicted octanol–water partition coefficient (Wildman–Crippen LogP) is 1.03. The smallest absolute Gasteiger partial charge is 0.227 e. The second kappa shape index (κ2) is 4.61. The molecule has 3 heteroatoms. The Hall–Kier alpha value is -0.570. The molecule has 3 nitrogen and oxygen atoms in total. The fraction of sp³-hybridized carbons (Fsp3) is 0.900. The molecule has 1 aliphatic rings. The Bertz CT molecular complexity index is 176. The third-order valence-corrected chi connectivity index (χ3v) is 2.79. The van der Waals surface area contributed by atoms with Crippen LogP contribution in [0.4, 0.5) is 0 Å². The molecule has 0 heterocycles. The number of nitrogens with two attached hydrogens (primary N) is 1. The van der Waals surface area contributed by atoms with E-state index < -0.39 is 0 Å². The van der Waals surface area contributed by atoms with Crippen LogP contribution in [-0.4, -0.2) is 19.0 Å². The van der Waals surface area contributed by atoms with Crippen LogP contribution in [-0.2, 0) is 4.79 Å². The van der Waals surface area contributed by atoms with Gasteiger partial charge in [-0.05, 0) is 19.3 Å². The molecule has 1 aliphatic carbocycles. The molecule has 1 amide bonds. The first-order valence-corrected chi connectivity index (χ1v) is 5.23. The predicted molar refractivity (Wildman–Crippen MR) is 53.3 cm³/mol. The first kappa shape index (κ1) is 10.5. The number of rotatable bonds is 6. The summed E-state index contributed by atoms with van der Waals surface area (Å²) in [4.78, 5) is 11.5. The standard InChI is InChI=1S/C10H20N2O/c1-2-3-4-7-12-9(13)10(8-11)5-6-10/h2-8,11H2,1H3,(H,12,13). The van der Waals surface area contributed by atoms with E-state index in [1.54, 1.807) is 0 Å². The minimum Gasteiger partial charge on any atom is -0.356 e. The van der Waals surface area contributed by atoms with Crippen molar-refractivity contribution in [2.24, 2.45) is 11.1 Å². The summed E-state index contributed by atoms with van der Waals surface area (Å²) < 4.78 is 0. The molecule has 0 bridgehead atoms. The van der Waals surface area contributed by atoms with Crippen LogP contribution in [0.1, 0.15) is 39.0 Å². The van der Waals surface area contributed by atoms with Gasteiger partial charge in [-0.15, -0.1) is 0 Å². The van der Waals surface area contributed by atoms with E-state index in [1.165, 1.54) is 12.8 Å². The van der Waals surface area contributed by atoms with Gasteiger partial charge in [0.25, 0.3) is 0 Å². The number of amides is 1. The number of nitrogens with one attached hydrogen (secondary N) is 1. The monoisotopic (exact) mass is 184 g/mol. The van der Waals surface area contributed by atoms with Crippen LogP contribution >= 0.6 is 0 Å². The van der Waals surface area contributed by atoms with E-state index in [9.17, 15) is 4.79 Å². The van der Waals surface area contributed by atoms with Crippen molar-refractivity contribution < 1.29 is 4.79 Å². The molecule has 0 unspecified atom stereocenters. The Balaban J connectivity index is 2.11. The molecule has 1 fully saturated rings. The highest BCUT2D eigenvalue weighted by Gasteiger charge is 2.48. The zero-order chi connectivity index (χ0) is 9.73. The maximum Gasteiger partial charge on any atom is 0.227 e. The average molecular weight is 184 g/mol. The fourth-order valence-electron chi connectivity index (χ4n) is 1.44. The lowest BCUT2D eigenvalue weighted by molar-refractivity contribution is -0.125. The molecule has 0 atom stereocenters. The number of hydrogen-bond donors (Lipinski definition) is 2. The SMILES string of the molecule is CCCCCNC(=O)C1(CN)CC1. The van der Waals surface area contributed by atoms with Crippen LogP contribution in [0.2, 0.25) is 0 Å². The number of unbranched alkanes of at least 4 members (excludes halogenated alkanes) is 2. The summed E-state index contributed by atoms with van der Waals surface area (Å²) in [5.74, 6) is 0.172. The Morgan fingerprint density at radius 1 is 1.46 bits per heavy atom. The van der Waals surface area contributed by atoms with Gasteiger partial charge in [0, 0.05) is 13.1 Å². The molecule has 0 aliphatic heterocycles. The van der Waals surface area contributed by atoms with E-state index in [0.29, 0.717) is 6.54 Å². The van der Waals surface area contributed by atoms with E-state index in [-0.39, 0.29) is 11.3 Å². The van der Waals surface area contributed by atoms with Gasteiger partial charge >= 0.3 is 0 Å². The van der Waals surface area contributed by atoms with Crippen LogP contribution in [0.5, 0.6) is 0 Å². The van der Waals surface area contributed by atoms with Crippen molar-refractivity contribution in [2.75, 3.05) is 13.1 Å². The van der Waals surface area contributed by atoms with Crippen LogP contribution in [0.3, 0.4) is 0 Å². The lowest BCUT2D eigenvalue weighted by Gasteiger charge is -2.12. The van der Waals surface area contributed by atoms with Gasteiger partial charge in [0.05, 0.1) is 5.41 Å². The van der Waals surface area contributed by atoms with Gasteiger partial charge in [-0.25, -0.2) is 0 Å². The summed E-state index contributed by atoms with van der Waals surface area (Å²) in [5, 5.41) is 2.95. The molecule has 0 saturated heterocycles. The molecule has 76 valence electrons. The summed E-state index contributed by atoms with van der Waals surface area (Å²) in [6.45, 7) is 3.48. The van der Waals surface area contributed by atoms with E-state index in [2.05, 4.69) is 12.2 Å². The van der Waals surface area contributed by atoms with Gasteiger partial charge < -0.3 is 11.1 Å². The summed E-state index contributed by atoms with van der Waals surface area (Å²) in [6.07, 6.45) is 5.42. The highest BCUT2D eigenvalue weighted by atomic mass is 16.2. The Morgan fingerprint density at radius 2 is 2.15 bits per heavy atom. The van der Waals surface area contributed by atoms with E-state index in [4.69, 9.17) is 5.73 Å². The highest BCUT2D eigenvalue weighted by Crippen LogP contribution is 2.44. The summed E-state index contributed by atoms with van der Waals surface area (Å²) in [5.41, 5.74) is 5.36. The van der Waals surface area contributed by atoms with Crippen molar-refractivity contribution in [1.29, 1.82) is 0 Å². The topological polar surface area (TPSA) is 55.1 Å². The molecule has 0 aromatic carbocycles. The zero-order valence-corrected chi connectivity index (χ0v) is 8.44. The quantitative estimate of drug-likeness (QED) is 0.606. The molecule has 3 N–H and O–H groups in total. The van der Waals surface area contributed by atoms with E-state index >= 15 is 0 Å². The van der Waals surface area contributed by atoms with E-state index in [0.717, 1.165) is 25.8 Å². The van der Waals surface area contributed by atoms with Crippen molar-refractivity contribution in [2.45, 2.75) is 39.0 Å². The summed E-state index contributed by atoms with van der Waals surface area (Å²) >= 11 is 0. The van der Waals surface area contributed by atoms with Crippen molar-refractivity contribution in [3.05, 3.63) is 0 Å². The molecule has 0 aromatic heterocycles. The maximum atomic E-state index is 11.5. The van der Waals surface area contributed by atoms with Crippen molar-refractivity contribution in [1.82, 2.24) is 5.32 Å². The van der Waals surface area contributed by atoms with Crippen molar-refractivity contribution >= 4 is 5.91 Å². The van der Waals surface area contributed by atoms with E-state index in [1.807, 2.05) is 0 Å². The maximum absolute atomic E-state index is 11.5. The Kier molecular flexibility index (Phi) is 3.72. The van der Waals surface area contributed by atoms with Gasteiger partial charge in [-0.3, -0.25) is 4.79 Å². The van der Waals surface area contributed by atoms with Gasteiger partial charge in [0.1, 0.15) is 0 Å². The largest absolute Gasteiger partial charge is 0.356 e. The van der Waals surface area contributed by atoms with Crippen molar-refractivity contribution in [3.8, 4) is 0 Å². The van der Waals surface area contributed by atoms with Crippen LogP contribution in [0, 0.1) is 5.41 Å². The molecule has 13 heavy (non-hydrogen) atoms. The zero-order valence-electron chi connectivity index (χ0n) is 8.44.